The highest BCUT2D eigenvalue weighted by Gasteiger charge is 1.95. The largest absolute Gasteiger partial charge is 0.300 e. The van der Waals surface area contributed by atoms with Crippen molar-refractivity contribution in [3.8, 4) is 0 Å². The number of rotatable bonds is 2. The van der Waals surface area contributed by atoms with Gasteiger partial charge in [0.25, 0.3) is 0 Å². The van der Waals surface area contributed by atoms with Crippen LogP contribution in [0.1, 0.15) is 27.2 Å². The van der Waals surface area contributed by atoms with Gasteiger partial charge in [0.15, 0.2) is 0 Å². The molecule has 0 spiro atoms. The van der Waals surface area contributed by atoms with E-state index < -0.39 is 0 Å². The predicted molar refractivity (Wildman–Crippen MR) is 55.8 cm³/mol. The van der Waals surface area contributed by atoms with Crippen LogP contribution in [0.3, 0.4) is 0 Å². The molecule has 0 aromatic rings. The number of Topliss-reactive ketones (excluding diaryl/α,β-unsaturated/α-hetero) is 1. The fourth-order valence-corrected chi connectivity index (χ4v) is 0.575. The highest BCUT2D eigenvalue weighted by Crippen LogP contribution is 2.05. The van der Waals surface area contributed by atoms with Crippen molar-refractivity contribution in [3.05, 3.63) is 10.0 Å². The van der Waals surface area contributed by atoms with E-state index in [1.54, 1.807) is 6.92 Å². The first-order valence-electron chi connectivity index (χ1n) is 3.51. The van der Waals surface area contributed by atoms with Crippen LogP contribution in [0, 0.1) is 5.92 Å². The van der Waals surface area contributed by atoms with E-state index in [9.17, 15) is 4.79 Å². The van der Waals surface area contributed by atoms with E-state index in [1.807, 2.05) is 13.8 Å². The standard InChI is InChI=1S/C6H12O.C2HCl3/c1-5(2)4-6(3)7;3-1-2(4)5/h5H,4H2,1-3H3;1H. The smallest absolute Gasteiger partial charge is 0.130 e. The van der Waals surface area contributed by atoms with E-state index in [4.69, 9.17) is 34.8 Å². The Bertz CT molecular complexity index is 148. The van der Waals surface area contributed by atoms with Crippen LogP contribution in [0.25, 0.3) is 0 Å². The molecule has 0 amide bonds. The summed E-state index contributed by atoms with van der Waals surface area (Å²) in [5.74, 6) is 0.813. The lowest BCUT2D eigenvalue weighted by molar-refractivity contribution is -0.117. The monoisotopic (exact) mass is 230 g/mol. The van der Waals surface area contributed by atoms with Crippen molar-refractivity contribution >= 4 is 40.6 Å². The lowest BCUT2D eigenvalue weighted by Gasteiger charge is -1.95. The molecule has 0 aromatic carbocycles. The van der Waals surface area contributed by atoms with Gasteiger partial charge < -0.3 is 4.79 Å². The molecule has 0 aliphatic rings. The van der Waals surface area contributed by atoms with Gasteiger partial charge in [-0.2, -0.15) is 0 Å². The summed E-state index contributed by atoms with van der Waals surface area (Å²) in [6.45, 7) is 5.71. The molecule has 1 nitrogen and oxygen atoms in total. The normalized spacial score (nSPS) is 8.58. The third-order valence-electron chi connectivity index (χ3n) is 0.778. The van der Waals surface area contributed by atoms with Gasteiger partial charge in [0.1, 0.15) is 10.3 Å². The van der Waals surface area contributed by atoms with Crippen LogP contribution < -0.4 is 0 Å². The minimum Gasteiger partial charge on any atom is -0.300 e. The van der Waals surface area contributed by atoms with Crippen molar-refractivity contribution in [3.63, 3.8) is 0 Å². The van der Waals surface area contributed by atoms with Crippen molar-refractivity contribution in [2.45, 2.75) is 27.2 Å². The fraction of sp³-hybridized carbons (Fsp3) is 0.625. The molecule has 0 aliphatic carbocycles. The van der Waals surface area contributed by atoms with Crippen molar-refractivity contribution in [2.24, 2.45) is 5.92 Å². The van der Waals surface area contributed by atoms with Crippen LogP contribution in [0.2, 0.25) is 0 Å². The maximum absolute atomic E-state index is 10.3. The Morgan fingerprint density at radius 1 is 1.42 bits per heavy atom. The summed E-state index contributed by atoms with van der Waals surface area (Å²) in [4.78, 5) is 10.3. The van der Waals surface area contributed by atoms with Crippen LogP contribution in [0.4, 0.5) is 0 Å². The van der Waals surface area contributed by atoms with Gasteiger partial charge in [-0.15, -0.1) is 0 Å². The molecule has 12 heavy (non-hydrogen) atoms. The van der Waals surface area contributed by atoms with Crippen LogP contribution in [0.15, 0.2) is 10.0 Å². The second-order valence-electron chi connectivity index (χ2n) is 2.70. The Balaban J connectivity index is 0. The number of carbonyl (C=O) groups is 1. The molecule has 4 heteroatoms. The second-order valence-corrected chi connectivity index (χ2v) is 3.92. The van der Waals surface area contributed by atoms with E-state index >= 15 is 0 Å². The van der Waals surface area contributed by atoms with Crippen molar-refractivity contribution in [1.82, 2.24) is 0 Å². The first-order chi connectivity index (χ1) is 5.40. The van der Waals surface area contributed by atoms with Crippen molar-refractivity contribution in [1.29, 1.82) is 0 Å². The molecule has 0 N–H and O–H groups in total. The average molecular weight is 232 g/mol. The summed E-state index contributed by atoms with van der Waals surface area (Å²) in [6, 6.07) is 0. The summed E-state index contributed by atoms with van der Waals surface area (Å²) in [5, 5.41) is 0. The quantitative estimate of drug-likeness (QED) is 0.699. The molecule has 0 aliphatic heterocycles. The molecule has 72 valence electrons. The van der Waals surface area contributed by atoms with E-state index in [0.717, 1.165) is 12.0 Å². The van der Waals surface area contributed by atoms with Gasteiger partial charge in [-0.3, -0.25) is 0 Å². The zero-order chi connectivity index (χ0) is 10.1. The summed E-state index contributed by atoms with van der Waals surface area (Å²) in [5.41, 5.74) is 1.09. The first kappa shape index (κ1) is 14.8. The molecule has 0 saturated heterocycles. The Morgan fingerprint density at radius 2 is 1.75 bits per heavy atom. The molecule has 0 bridgehead atoms. The van der Waals surface area contributed by atoms with Crippen LogP contribution in [0.5, 0.6) is 0 Å². The van der Waals surface area contributed by atoms with Gasteiger partial charge in [-0.05, 0) is 12.8 Å². The Hall–Kier alpha value is 0.280. The number of hydrogen-bond acceptors (Lipinski definition) is 1. The molecule has 0 atom stereocenters. The molecule has 0 fully saturated rings. The molecule has 0 saturated carbocycles. The highest BCUT2D eigenvalue weighted by atomic mass is 35.5. The zero-order valence-corrected chi connectivity index (χ0v) is 9.67. The van der Waals surface area contributed by atoms with E-state index in [1.165, 1.54) is 0 Å². The number of carbonyl (C=O) groups excluding carboxylic acids is 1. The Kier molecular flexibility index (Phi) is 11.5. The first-order valence-corrected chi connectivity index (χ1v) is 4.70. The van der Waals surface area contributed by atoms with Crippen molar-refractivity contribution in [2.75, 3.05) is 0 Å². The minimum atomic E-state index is 0.0895. The predicted octanol–water partition coefficient (Wildman–Crippen LogP) is 4.12. The SMILES string of the molecule is CC(=O)CC(C)C.ClC=C(Cl)Cl. The van der Waals surface area contributed by atoms with Crippen molar-refractivity contribution < 1.29 is 4.79 Å². The average Bonchev–Trinajstić information content (AvgIpc) is 1.85. The van der Waals surface area contributed by atoms with Gasteiger partial charge in [-0.1, -0.05) is 48.7 Å². The highest BCUT2D eigenvalue weighted by molar-refractivity contribution is 6.58. The fourth-order valence-electron chi connectivity index (χ4n) is 0.575. The third-order valence-corrected chi connectivity index (χ3v) is 1.44. The third kappa shape index (κ3) is 22.4. The topological polar surface area (TPSA) is 17.1 Å². The Labute approximate surface area is 88.7 Å². The van der Waals surface area contributed by atoms with Gasteiger partial charge in [0, 0.05) is 12.0 Å². The van der Waals surface area contributed by atoms with E-state index in [2.05, 4.69) is 0 Å². The van der Waals surface area contributed by atoms with Gasteiger partial charge in [0.05, 0.1) is 0 Å². The molecule has 0 heterocycles. The number of hydrogen-bond donors (Lipinski definition) is 0. The second kappa shape index (κ2) is 9.37. The van der Waals surface area contributed by atoms with Crippen LogP contribution in [-0.4, -0.2) is 5.78 Å². The molecule has 0 unspecified atom stereocenters. The molecular weight excluding hydrogens is 218 g/mol. The molecule has 0 radical (unpaired) electrons. The number of halogens is 3. The van der Waals surface area contributed by atoms with Crippen LogP contribution >= 0.6 is 34.8 Å². The molecule has 0 aromatic heterocycles. The zero-order valence-electron chi connectivity index (χ0n) is 7.40. The summed E-state index contributed by atoms with van der Waals surface area (Å²) >= 11 is 14.8. The summed E-state index contributed by atoms with van der Waals surface area (Å²) < 4.78 is 0.0895. The van der Waals surface area contributed by atoms with Gasteiger partial charge in [-0.25, -0.2) is 0 Å². The maximum atomic E-state index is 10.3. The van der Waals surface area contributed by atoms with Crippen LogP contribution in [-0.2, 0) is 4.79 Å². The van der Waals surface area contributed by atoms with Gasteiger partial charge >= 0.3 is 0 Å². The maximum Gasteiger partial charge on any atom is 0.130 e. The van der Waals surface area contributed by atoms with E-state index in [0.29, 0.717) is 5.92 Å². The molecule has 0 rings (SSSR count). The lowest BCUT2D eigenvalue weighted by atomic mass is 10.1. The molecular formula is C8H13Cl3O. The lowest BCUT2D eigenvalue weighted by Crippen LogP contribution is -1.95. The summed E-state index contributed by atoms with van der Waals surface area (Å²) in [6.07, 6.45) is 0.722. The summed E-state index contributed by atoms with van der Waals surface area (Å²) in [7, 11) is 0. The number of ketones is 1. The minimum absolute atomic E-state index is 0.0895. The van der Waals surface area contributed by atoms with E-state index in [-0.39, 0.29) is 10.3 Å². The van der Waals surface area contributed by atoms with Gasteiger partial charge in [0.2, 0.25) is 0 Å². The Morgan fingerprint density at radius 3 is 1.75 bits per heavy atom.